The molecule has 0 fully saturated rings. The van der Waals surface area contributed by atoms with Gasteiger partial charge in [0, 0.05) is 32.6 Å². The van der Waals surface area contributed by atoms with Crippen LogP contribution >= 0.6 is 0 Å². The van der Waals surface area contributed by atoms with Crippen molar-refractivity contribution in [3.8, 4) is 0 Å². The Morgan fingerprint density at radius 3 is 2.43 bits per heavy atom. The Kier molecular flexibility index (Phi) is 5.90. The zero-order valence-electron chi connectivity index (χ0n) is 16.7. The summed E-state index contributed by atoms with van der Waals surface area (Å²) >= 11 is 0. The predicted octanol–water partition coefficient (Wildman–Crippen LogP) is 4.23. The van der Waals surface area contributed by atoms with Crippen molar-refractivity contribution in [2.24, 2.45) is 5.73 Å². The van der Waals surface area contributed by atoms with Crippen molar-refractivity contribution in [3.63, 3.8) is 0 Å². The molecule has 3 rings (SSSR count). The second-order valence-corrected chi connectivity index (χ2v) is 7.58. The Hall–Kier alpha value is -2.87. The summed E-state index contributed by atoms with van der Waals surface area (Å²) in [6.45, 7) is -1.07. The van der Waals surface area contributed by atoms with Crippen LogP contribution in [0.5, 0.6) is 0 Å². The highest BCUT2D eigenvalue weighted by Crippen LogP contribution is 2.47. The van der Waals surface area contributed by atoms with Crippen LogP contribution in [-0.4, -0.2) is 48.9 Å². The van der Waals surface area contributed by atoms with Crippen LogP contribution in [0.15, 0.2) is 54.6 Å². The van der Waals surface area contributed by atoms with E-state index in [4.69, 9.17) is 5.73 Å². The van der Waals surface area contributed by atoms with Gasteiger partial charge in [0.1, 0.15) is 11.6 Å². The molecular weight excluding hydrogens is 398 g/mol. The number of hydrogen-bond donors (Lipinski definition) is 1. The van der Waals surface area contributed by atoms with E-state index in [9.17, 15) is 22.4 Å². The van der Waals surface area contributed by atoms with Gasteiger partial charge in [-0.2, -0.15) is 0 Å². The smallest absolute Gasteiger partial charge is 0.320 e. The summed E-state index contributed by atoms with van der Waals surface area (Å²) < 4.78 is 57.5. The summed E-state index contributed by atoms with van der Waals surface area (Å²) in [5.74, 6) is -4.66. The van der Waals surface area contributed by atoms with E-state index in [2.05, 4.69) is 0 Å². The summed E-state index contributed by atoms with van der Waals surface area (Å²) in [7, 11) is 3.00. The fourth-order valence-corrected chi connectivity index (χ4v) is 3.79. The lowest BCUT2D eigenvalue weighted by atomic mass is 9.83. The molecule has 2 aromatic rings. The summed E-state index contributed by atoms with van der Waals surface area (Å²) in [5.41, 5.74) is 4.33. The van der Waals surface area contributed by atoms with Gasteiger partial charge < -0.3 is 15.5 Å². The molecule has 2 aromatic carbocycles. The molecule has 2 amide bonds. The number of alkyl halides is 2. The largest absolute Gasteiger partial charge is 0.331 e. The summed E-state index contributed by atoms with van der Waals surface area (Å²) in [6.07, 6.45) is 0.645. The van der Waals surface area contributed by atoms with Crippen molar-refractivity contribution in [3.05, 3.63) is 77.4 Å². The van der Waals surface area contributed by atoms with E-state index >= 15 is 0 Å². The number of nitrogens with two attached hydrogens (primary N) is 1. The fourth-order valence-electron chi connectivity index (χ4n) is 3.79. The first-order chi connectivity index (χ1) is 14.1. The van der Waals surface area contributed by atoms with Crippen LogP contribution < -0.4 is 5.73 Å². The molecule has 0 saturated carbocycles. The summed E-state index contributed by atoms with van der Waals surface area (Å²) in [6, 6.07) is 10.7. The van der Waals surface area contributed by atoms with Gasteiger partial charge in [-0.25, -0.2) is 22.4 Å². The highest BCUT2D eigenvalue weighted by atomic mass is 19.3. The van der Waals surface area contributed by atoms with Gasteiger partial charge >= 0.3 is 6.03 Å². The standard InChI is InChI=1S/C22H23F4N3O/c1-28(2)20(30)29-12-15(18-10-17(23)8-9-19(18)24)11-21(29,13-22(25,26)14-27)16-6-4-3-5-7-16/h3-11H,12-14,27H2,1-2H3. The second-order valence-electron chi connectivity index (χ2n) is 7.58. The Labute approximate surface area is 172 Å². The van der Waals surface area contributed by atoms with E-state index in [1.54, 1.807) is 30.3 Å². The molecule has 160 valence electrons. The Balaban J connectivity index is 2.25. The number of carbonyl (C=O) groups is 1. The molecule has 0 radical (unpaired) electrons. The van der Waals surface area contributed by atoms with Gasteiger partial charge in [0.05, 0.1) is 12.1 Å². The molecule has 0 saturated heterocycles. The average molecular weight is 421 g/mol. The van der Waals surface area contributed by atoms with Gasteiger partial charge in [-0.05, 0) is 35.4 Å². The molecule has 1 atom stereocenters. The van der Waals surface area contributed by atoms with Crippen LogP contribution in [0.25, 0.3) is 5.57 Å². The molecule has 0 bridgehead atoms. The molecule has 30 heavy (non-hydrogen) atoms. The third-order valence-electron chi connectivity index (χ3n) is 5.21. The van der Waals surface area contributed by atoms with Crippen molar-refractivity contribution in [2.45, 2.75) is 17.9 Å². The molecule has 8 heteroatoms. The van der Waals surface area contributed by atoms with Crippen LogP contribution in [0, 0.1) is 11.6 Å². The second kappa shape index (κ2) is 8.10. The molecule has 1 aliphatic rings. The highest BCUT2D eigenvalue weighted by Gasteiger charge is 2.51. The number of hydrogen-bond acceptors (Lipinski definition) is 2. The minimum absolute atomic E-state index is 0.0690. The lowest BCUT2D eigenvalue weighted by Crippen LogP contribution is -2.52. The SMILES string of the molecule is CN(C)C(=O)N1CC(c2cc(F)ccc2F)=CC1(CC(F)(F)CN)c1ccccc1. The maximum Gasteiger partial charge on any atom is 0.320 e. The lowest BCUT2D eigenvalue weighted by molar-refractivity contribution is -0.0347. The maximum absolute atomic E-state index is 14.6. The van der Waals surface area contributed by atoms with Crippen molar-refractivity contribution < 1.29 is 22.4 Å². The number of rotatable bonds is 5. The van der Waals surface area contributed by atoms with Gasteiger partial charge in [0.2, 0.25) is 0 Å². The third-order valence-corrected chi connectivity index (χ3v) is 5.21. The van der Waals surface area contributed by atoms with E-state index in [1.165, 1.54) is 30.0 Å². The fraction of sp³-hybridized carbons (Fsp3) is 0.318. The van der Waals surface area contributed by atoms with E-state index in [0.29, 0.717) is 5.56 Å². The van der Waals surface area contributed by atoms with Gasteiger partial charge in [-0.3, -0.25) is 0 Å². The minimum Gasteiger partial charge on any atom is -0.331 e. The molecule has 0 aromatic heterocycles. The predicted molar refractivity (Wildman–Crippen MR) is 107 cm³/mol. The van der Waals surface area contributed by atoms with Crippen LogP contribution in [-0.2, 0) is 5.54 Å². The monoisotopic (exact) mass is 421 g/mol. The van der Waals surface area contributed by atoms with Gasteiger partial charge in [-0.1, -0.05) is 30.3 Å². The maximum atomic E-state index is 14.6. The van der Waals surface area contributed by atoms with E-state index in [-0.39, 0.29) is 17.7 Å². The number of halogens is 4. The molecule has 1 heterocycles. The molecule has 2 N–H and O–H groups in total. The number of urea groups is 1. The van der Waals surface area contributed by atoms with E-state index in [0.717, 1.165) is 18.2 Å². The zero-order chi connectivity index (χ0) is 22.1. The van der Waals surface area contributed by atoms with Crippen LogP contribution in [0.1, 0.15) is 17.5 Å². The first-order valence-corrected chi connectivity index (χ1v) is 9.39. The Morgan fingerprint density at radius 1 is 1.17 bits per heavy atom. The minimum atomic E-state index is -3.30. The number of carbonyl (C=O) groups excluding carboxylic acids is 1. The summed E-state index contributed by atoms with van der Waals surface area (Å²) in [5, 5.41) is 0. The van der Waals surface area contributed by atoms with Gasteiger partial charge in [-0.15, -0.1) is 0 Å². The van der Waals surface area contributed by atoms with Crippen molar-refractivity contribution >= 4 is 11.6 Å². The van der Waals surface area contributed by atoms with E-state index < -0.39 is 42.1 Å². The Bertz CT molecular complexity index is 962. The topological polar surface area (TPSA) is 49.6 Å². The number of amides is 2. The molecule has 1 aliphatic heterocycles. The quantitative estimate of drug-likeness (QED) is 0.735. The van der Waals surface area contributed by atoms with Gasteiger partial charge in [0.15, 0.2) is 0 Å². The van der Waals surface area contributed by atoms with Crippen molar-refractivity contribution in [1.82, 2.24) is 9.80 Å². The van der Waals surface area contributed by atoms with Crippen LogP contribution in [0.4, 0.5) is 22.4 Å². The first-order valence-electron chi connectivity index (χ1n) is 9.39. The Morgan fingerprint density at radius 2 is 1.83 bits per heavy atom. The van der Waals surface area contributed by atoms with E-state index in [1.807, 2.05) is 0 Å². The van der Waals surface area contributed by atoms with Crippen molar-refractivity contribution in [2.75, 3.05) is 27.2 Å². The number of nitrogens with zero attached hydrogens (tertiary/aromatic N) is 2. The van der Waals surface area contributed by atoms with Crippen LogP contribution in [0.3, 0.4) is 0 Å². The highest BCUT2D eigenvalue weighted by molar-refractivity contribution is 5.83. The number of benzene rings is 2. The third kappa shape index (κ3) is 4.05. The normalized spacial score (nSPS) is 19.0. The molecule has 1 unspecified atom stereocenters. The summed E-state index contributed by atoms with van der Waals surface area (Å²) in [4.78, 5) is 15.5. The molecule has 4 nitrogen and oxygen atoms in total. The lowest BCUT2D eigenvalue weighted by Gasteiger charge is -2.41. The molecule has 0 spiro atoms. The zero-order valence-corrected chi connectivity index (χ0v) is 16.7. The average Bonchev–Trinajstić information content (AvgIpc) is 3.09. The first kappa shape index (κ1) is 21.8. The van der Waals surface area contributed by atoms with Crippen LogP contribution in [0.2, 0.25) is 0 Å². The van der Waals surface area contributed by atoms with Gasteiger partial charge in [0.25, 0.3) is 5.92 Å². The molecular formula is C22H23F4N3O. The molecule has 0 aliphatic carbocycles. The van der Waals surface area contributed by atoms with Crippen molar-refractivity contribution in [1.29, 1.82) is 0 Å².